The quantitative estimate of drug-likeness (QED) is 0.338. The Bertz CT molecular complexity index is 1430. The van der Waals surface area contributed by atoms with Crippen LogP contribution >= 0.6 is 23.2 Å². The lowest BCUT2D eigenvalue weighted by Gasteiger charge is -2.28. The molecule has 3 aromatic carbocycles. The summed E-state index contributed by atoms with van der Waals surface area (Å²) < 4.78 is 7.04. The number of fused-ring (bicyclic) bond motifs is 1. The van der Waals surface area contributed by atoms with Crippen LogP contribution in [-0.4, -0.2) is 27.8 Å². The van der Waals surface area contributed by atoms with Gasteiger partial charge in [0, 0.05) is 16.9 Å². The molecule has 0 spiro atoms. The van der Waals surface area contributed by atoms with Gasteiger partial charge in [0.25, 0.3) is 5.91 Å². The number of hydrogen-bond donors (Lipinski definition) is 2. The Balaban J connectivity index is 1.60. The maximum absolute atomic E-state index is 13.5. The zero-order valence-electron chi connectivity index (χ0n) is 18.9. The summed E-state index contributed by atoms with van der Waals surface area (Å²) in [6.45, 7) is 1.85. The van der Waals surface area contributed by atoms with E-state index < -0.39 is 6.04 Å². The number of para-hydroxylation sites is 1. The van der Waals surface area contributed by atoms with Crippen LogP contribution in [0.4, 0.5) is 11.6 Å². The summed E-state index contributed by atoms with van der Waals surface area (Å²) in [6.07, 6.45) is 0. The summed E-state index contributed by atoms with van der Waals surface area (Å²) in [5.41, 5.74) is 3.48. The average molecular weight is 506 g/mol. The first-order chi connectivity index (χ1) is 16.9. The lowest BCUT2D eigenvalue weighted by molar-refractivity contribution is -0.113. The number of rotatable bonds is 5. The molecule has 35 heavy (non-hydrogen) atoms. The van der Waals surface area contributed by atoms with E-state index in [9.17, 15) is 4.79 Å². The number of carbonyl (C=O) groups excluding carboxylic acids is 1. The molecule has 1 aromatic heterocycles. The van der Waals surface area contributed by atoms with Gasteiger partial charge in [-0.25, -0.2) is 4.68 Å². The number of ether oxygens (including phenoxy) is 1. The van der Waals surface area contributed by atoms with Crippen molar-refractivity contribution in [3.8, 4) is 17.1 Å². The van der Waals surface area contributed by atoms with Crippen molar-refractivity contribution in [2.45, 2.75) is 13.0 Å². The molecule has 0 bridgehead atoms. The number of methoxy groups -OCH3 is 1. The van der Waals surface area contributed by atoms with Crippen LogP contribution in [0.2, 0.25) is 10.0 Å². The van der Waals surface area contributed by atoms with Crippen LogP contribution in [-0.2, 0) is 4.79 Å². The molecule has 7 nitrogen and oxygen atoms in total. The van der Waals surface area contributed by atoms with Gasteiger partial charge in [-0.2, -0.15) is 4.98 Å². The van der Waals surface area contributed by atoms with Crippen molar-refractivity contribution >= 4 is 40.7 Å². The highest BCUT2D eigenvalue weighted by Gasteiger charge is 2.34. The second-order valence-electron chi connectivity index (χ2n) is 7.99. The normalized spacial score (nSPS) is 14.8. The van der Waals surface area contributed by atoms with Crippen molar-refractivity contribution in [1.29, 1.82) is 0 Å². The second kappa shape index (κ2) is 9.44. The molecule has 1 atom stereocenters. The van der Waals surface area contributed by atoms with Gasteiger partial charge < -0.3 is 15.4 Å². The maximum atomic E-state index is 13.5. The Hall–Kier alpha value is -3.81. The molecule has 0 aliphatic carbocycles. The number of aromatic nitrogens is 3. The van der Waals surface area contributed by atoms with Crippen LogP contribution in [0.5, 0.6) is 5.75 Å². The number of allylic oxidation sites excluding steroid dienone is 1. The molecule has 2 heterocycles. The Morgan fingerprint density at radius 1 is 1.03 bits per heavy atom. The number of amides is 1. The first-order valence-electron chi connectivity index (χ1n) is 10.8. The van der Waals surface area contributed by atoms with E-state index in [-0.39, 0.29) is 5.91 Å². The minimum Gasteiger partial charge on any atom is -0.497 e. The molecule has 4 aromatic rings. The van der Waals surface area contributed by atoms with Gasteiger partial charge in [0.1, 0.15) is 11.8 Å². The van der Waals surface area contributed by atoms with E-state index in [4.69, 9.17) is 33.0 Å². The molecule has 0 fully saturated rings. The molecule has 5 rings (SSSR count). The Morgan fingerprint density at radius 2 is 1.77 bits per heavy atom. The zero-order valence-corrected chi connectivity index (χ0v) is 20.4. The molecule has 0 saturated carbocycles. The topological polar surface area (TPSA) is 81.1 Å². The van der Waals surface area contributed by atoms with E-state index in [0.717, 1.165) is 5.56 Å². The predicted molar refractivity (Wildman–Crippen MR) is 138 cm³/mol. The molecule has 2 N–H and O–H groups in total. The predicted octanol–water partition coefficient (Wildman–Crippen LogP) is 6.19. The molecule has 0 saturated heterocycles. The number of hydrogen-bond acceptors (Lipinski definition) is 5. The van der Waals surface area contributed by atoms with Crippen LogP contribution in [0.15, 0.2) is 84.1 Å². The van der Waals surface area contributed by atoms with Gasteiger partial charge in [0.15, 0.2) is 5.82 Å². The summed E-state index contributed by atoms with van der Waals surface area (Å²) >= 11 is 12.3. The van der Waals surface area contributed by atoms with E-state index >= 15 is 0 Å². The fourth-order valence-electron chi connectivity index (χ4n) is 4.02. The largest absolute Gasteiger partial charge is 0.497 e. The molecular weight excluding hydrogens is 485 g/mol. The molecule has 0 radical (unpaired) electrons. The number of carbonyl (C=O) groups is 1. The smallest absolute Gasteiger partial charge is 0.255 e. The van der Waals surface area contributed by atoms with Crippen molar-refractivity contribution in [1.82, 2.24) is 14.8 Å². The van der Waals surface area contributed by atoms with E-state index in [1.165, 1.54) is 0 Å². The third-order valence-corrected chi connectivity index (χ3v) is 6.48. The summed E-state index contributed by atoms with van der Waals surface area (Å²) in [4.78, 5) is 18.2. The number of nitrogens with one attached hydrogen (secondary N) is 2. The average Bonchev–Trinajstić information content (AvgIpc) is 3.29. The van der Waals surface area contributed by atoms with Crippen LogP contribution in [0.3, 0.4) is 0 Å². The lowest BCUT2D eigenvalue weighted by atomic mass is 9.95. The van der Waals surface area contributed by atoms with Crippen molar-refractivity contribution in [2.24, 2.45) is 0 Å². The molecule has 176 valence electrons. The van der Waals surface area contributed by atoms with Crippen LogP contribution < -0.4 is 15.4 Å². The Kier molecular flexibility index (Phi) is 6.19. The zero-order chi connectivity index (χ0) is 24.5. The standard InChI is InChI=1S/C26H21Cl2N5O2/c1-15-22(25(34)30-18-6-4-3-5-7-18)23(16-8-11-19(35-2)12-9-16)33-26(29-15)31-24(32-33)17-10-13-20(27)21(28)14-17/h3-14,23H,1-2H3,(H,30,34)(H,29,31,32). The highest BCUT2D eigenvalue weighted by molar-refractivity contribution is 6.42. The highest BCUT2D eigenvalue weighted by atomic mass is 35.5. The van der Waals surface area contributed by atoms with Crippen molar-refractivity contribution in [2.75, 3.05) is 17.7 Å². The summed E-state index contributed by atoms with van der Waals surface area (Å²) in [6, 6.07) is 21.6. The highest BCUT2D eigenvalue weighted by Crippen LogP contribution is 2.38. The maximum Gasteiger partial charge on any atom is 0.255 e. The number of halogens is 2. The third-order valence-electron chi connectivity index (χ3n) is 5.74. The molecule has 1 unspecified atom stereocenters. The molecular formula is C26H21Cl2N5O2. The molecule has 9 heteroatoms. The van der Waals surface area contributed by atoms with Crippen molar-refractivity contribution < 1.29 is 9.53 Å². The Labute approximate surface area is 212 Å². The van der Waals surface area contributed by atoms with E-state index in [1.807, 2.05) is 61.5 Å². The first-order valence-corrected chi connectivity index (χ1v) is 11.6. The fourth-order valence-corrected chi connectivity index (χ4v) is 4.32. The SMILES string of the molecule is COc1ccc(C2C(C(=O)Nc3ccccc3)=C(C)Nc3nc(-c4ccc(Cl)c(Cl)c4)nn32)cc1. The molecule has 1 aliphatic heterocycles. The van der Waals surface area contributed by atoms with Crippen LogP contribution in [0.25, 0.3) is 11.4 Å². The van der Waals surface area contributed by atoms with Gasteiger partial charge in [0.05, 0.1) is 22.7 Å². The molecule has 1 aliphatic rings. The summed E-state index contributed by atoms with van der Waals surface area (Å²) in [7, 11) is 1.61. The minimum absolute atomic E-state index is 0.237. The monoisotopic (exact) mass is 505 g/mol. The van der Waals surface area contributed by atoms with Crippen LogP contribution in [0, 0.1) is 0 Å². The fraction of sp³-hybridized carbons (Fsp3) is 0.115. The van der Waals surface area contributed by atoms with Gasteiger partial charge >= 0.3 is 0 Å². The second-order valence-corrected chi connectivity index (χ2v) is 8.81. The van der Waals surface area contributed by atoms with Gasteiger partial charge in [-0.3, -0.25) is 4.79 Å². The van der Waals surface area contributed by atoms with Gasteiger partial charge in [-0.15, -0.1) is 5.10 Å². The molecule has 1 amide bonds. The van der Waals surface area contributed by atoms with Gasteiger partial charge in [-0.05, 0) is 55.0 Å². The summed E-state index contributed by atoms with van der Waals surface area (Å²) in [5, 5.41) is 11.9. The van der Waals surface area contributed by atoms with Gasteiger partial charge in [0.2, 0.25) is 5.95 Å². The Morgan fingerprint density at radius 3 is 2.46 bits per heavy atom. The van der Waals surface area contributed by atoms with E-state index in [0.29, 0.717) is 50.1 Å². The third kappa shape index (κ3) is 4.48. The number of nitrogens with zero attached hydrogens (tertiary/aromatic N) is 3. The minimum atomic E-state index is -0.523. The first kappa shape index (κ1) is 23.0. The van der Waals surface area contributed by atoms with Crippen molar-refractivity contribution in [3.05, 3.63) is 99.7 Å². The summed E-state index contributed by atoms with van der Waals surface area (Å²) in [5.74, 6) is 1.45. The lowest BCUT2D eigenvalue weighted by Crippen LogP contribution is -2.31. The van der Waals surface area contributed by atoms with Gasteiger partial charge in [-0.1, -0.05) is 53.5 Å². The number of benzene rings is 3. The van der Waals surface area contributed by atoms with Crippen molar-refractivity contribution in [3.63, 3.8) is 0 Å². The van der Waals surface area contributed by atoms with E-state index in [1.54, 1.807) is 30.0 Å². The van der Waals surface area contributed by atoms with Crippen LogP contribution in [0.1, 0.15) is 18.5 Å². The van der Waals surface area contributed by atoms with E-state index in [2.05, 4.69) is 15.6 Å². The number of anilines is 2.